The molecule has 178 valence electrons. The molecule has 0 unspecified atom stereocenters. The molecule has 0 saturated carbocycles. The first-order chi connectivity index (χ1) is 16.7. The zero-order chi connectivity index (χ0) is 24.8. The Kier molecular flexibility index (Phi) is 7.01. The number of alkyl halides is 3. The number of benzene rings is 2. The molecule has 8 nitrogen and oxygen atoms in total. The van der Waals surface area contributed by atoms with Crippen LogP contribution in [0.5, 0.6) is 5.75 Å². The first-order valence-electron chi connectivity index (χ1n) is 9.80. The second kappa shape index (κ2) is 10.3. The molecule has 0 saturated heterocycles. The number of nitrogens with zero attached hydrogens (tertiary/aromatic N) is 5. The third kappa shape index (κ3) is 6.84. The van der Waals surface area contributed by atoms with Gasteiger partial charge in [0.05, 0.1) is 23.7 Å². The molecule has 0 atom stereocenters. The molecule has 0 radical (unpaired) electrons. The average Bonchev–Trinajstić information content (AvgIpc) is 2.81. The number of rotatable bonds is 7. The van der Waals surface area contributed by atoms with Crippen LogP contribution >= 0.6 is 11.6 Å². The van der Waals surface area contributed by atoms with Crippen LogP contribution < -0.4 is 15.5 Å². The normalized spacial score (nSPS) is 11.5. The Balaban J connectivity index is 1.56. The number of hydrogen-bond donors (Lipinski definition) is 2. The first-order valence-corrected chi connectivity index (χ1v) is 10.2. The number of aromatic nitrogens is 4. The molecule has 0 aliphatic heterocycles. The van der Waals surface area contributed by atoms with Crippen molar-refractivity contribution in [2.24, 2.45) is 5.10 Å². The van der Waals surface area contributed by atoms with Crippen LogP contribution in [0, 0.1) is 5.82 Å². The quantitative estimate of drug-likeness (QED) is 0.142. The lowest BCUT2D eigenvalue weighted by Gasteiger charge is -2.09. The molecule has 4 aromatic rings. The molecule has 0 spiro atoms. The van der Waals surface area contributed by atoms with Gasteiger partial charge in [0.25, 0.3) is 0 Å². The van der Waals surface area contributed by atoms with Crippen LogP contribution in [0.4, 0.5) is 35.1 Å². The molecule has 0 aliphatic carbocycles. The summed E-state index contributed by atoms with van der Waals surface area (Å²) in [5.74, 6) is -0.797. The molecule has 2 aromatic heterocycles. The van der Waals surface area contributed by atoms with E-state index < -0.39 is 12.2 Å². The van der Waals surface area contributed by atoms with Crippen molar-refractivity contribution >= 4 is 35.4 Å². The van der Waals surface area contributed by atoms with Crippen molar-refractivity contribution in [2.75, 3.05) is 10.7 Å². The van der Waals surface area contributed by atoms with Gasteiger partial charge in [-0.3, -0.25) is 0 Å². The minimum atomic E-state index is -4.78. The number of nitrogens with one attached hydrogen (secondary N) is 2. The molecule has 0 aliphatic rings. The van der Waals surface area contributed by atoms with Crippen LogP contribution in [0.2, 0.25) is 5.15 Å². The molecular weight excluding hydrogens is 490 g/mol. The summed E-state index contributed by atoms with van der Waals surface area (Å²) in [4.78, 5) is 16.6. The Labute approximate surface area is 200 Å². The maximum Gasteiger partial charge on any atom is 0.573 e. The van der Waals surface area contributed by atoms with Gasteiger partial charge in [0.2, 0.25) is 11.9 Å². The van der Waals surface area contributed by atoms with Crippen molar-refractivity contribution in [1.29, 1.82) is 0 Å². The Morgan fingerprint density at radius 2 is 1.66 bits per heavy atom. The molecule has 0 bridgehead atoms. The second-order valence-corrected chi connectivity index (χ2v) is 7.15. The molecule has 35 heavy (non-hydrogen) atoms. The van der Waals surface area contributed by atoms with Crippen LogP contribution in [0.1, 0.15) is 5.56 Å². The molecule has 13 heteroatoms. The Morgan fingerprint density at radius 1 is 0.914 bits per heavy atom. The Bertz CT molecular complexity index is 1330. The second-order valence-electron chi connectivity index (χ2n) is 6.77. The van der Waals surface area contributed by atoms with Gasteiger partial charge in [-0.15, -0.1) is 13.2 Å². The van der Waals surface area contributed by atoms with Crippen LogP contribution in [0.3, 0.4) is 0 Å². The summed E-state index contributed by atoms with van der Waals surface area (Å²) in [5.41, 5.74) is 3.74. The van der Waals surface area contributed by atoms with Gasteiger partial charge < -0.3 is 10.1 Å². The van der Waals surface area contributed by atoms with Crippen LogP contribution in [-0.4, -0.2) is 32.5 Å². The maximum atomic E-state index is 14.3. The Morgan fingerprint density at radius 3 is 2.34 bits per heavy atom. The van der Waals surface area contributed by atoms with Crippen molar-refractivity contribution < 1.29 is 22.3 Å². The van der Waals surface area contributed by atoms with Gasteiger partial charge in [-0.05, 0) is 54.1 Å². The van der Waals surface area contributed by atoms with E-state index in [1.807, 2.05) is 0 Å². The van der Waals surface area contributed by atoms with Crippen molar-refractivity contribution in [1.82, 2.24) is 19.9 Å². The van der Waals surface area contributed by atoms with E-state index >= 15 is 0 Å². The summed E-state index contributed by atoms with van der Waals surface area (Å²) < 4.78 is 55.0. The molecule has 4 rings (SSSR count). The molecule has 0 amide bonds. The van der Waals surface area contributed by atoms with E-state index in [2.05, 4.69) is 40.5 Å². The van der Waals surface area contributed by atoms with Crippen LogP contribution in [0.15, 0.2) is 72.0 Å². The average molecular weight is 504 g/mol. The number of anilines is 3. The molecule has 0 fully saturated rings. The van der Waals surface area contributed by atoms with E-state index in [-0.39, 0.29) is 29.0 Å². The molecule has 2 aromatic carbocycles. The van der Waals surface area contributed by atoms with Gasteiger partial charge in [0.1, 0.15) is 16.7 Å². The summed E-state index contributed by atoms with van der Waals surface area (Å²) in [6.07, 6.45) is -1.98. The SMILES string of the molecule is Fc1ccccc1-c1nc(NN=Cc2ccc(OC(F)(F)F)cc2)nc(Nc2ccc(Cl)nc2)n1. The highest BCUT2D eigenvalue weighted by molar-refractivity contribution is 6.29. The van der Waals surface area contributed by atoms with Crippen molar-refractivity contribution in [3.8, 4) is 17.1 Å². The fraction of sp³-hybridized carbons (Fsp3) is 0.0455. The maximum absolute atomic E-state index is 14.3. The van der Waals surface area contributed by atoms with Crippen molar-refractivity contribution in [3.63, 3.8) is 0 Å². The first kappa shape index (κ1) is 23.8. The van der Waals surface area contributed by atoms with Gasteiger partial charge in [-0.2, -0.15) is 20.1 Å². The van der Waals surface area contributed by atoms with Crippen LogP contribution in [0.25, 0.3) is 11.4 Å². The highest BCUT2D eigenvalue weighted by Crippen LogP contribution is 2.24. The number of ether oxygens (including phenoxy) is 1. The number of hydrazone groups is 1. The third-order valence-electron chi connectivity index (χ3n) is 4.23. The van der Waals surface area contributed by atoms with Crippen LogP contribution in [-0.2, 0) is 0 Å². The fourth-order valence-electron chi connectivity index (χ4n) is 2.74. The summed E-state index contributed by atoms with van der Waals surface area (Å²) in [6.45, 7) is 0. The van der Waals surface area contributed by atoms with Crippen molar-refractivity contribution in [2.45, 2.75) is 6.36 Å². The predicted molar refractivity (Wildman–Crippen MR) is 122 cm³/mol. The van der Waals surface area contributed by atoms with Crippen molar-refractivity contribution in [3.05, 3.63) is 83.4 Å². The minimum Gasteiger partial charge on any atom is -0.406 e. The largest absolute Gasteiger partial charge is 0.573 e. The standard InChI is InChI=1S/C22H14ClF4N7O/c23-18-10-7-14(12-28-18)30-20-31-19(16-3-1-2-4-17(16)24)32-21(33-20)34-29-11-13-5-8-15(9-6-13)35-22(25,26)27/h1-12H,(H2,30,31,32,33,34). The zero-order valence-electron chi connectivity index (χ0n) is 17.5. The summed E-state index contributed by atoms with van der Waals surface area (Å²) in [5, 5.41) is 7.22. The van der Waals surface area contributed by atoms with E-state index in [4.69, 9.17) is 11.6 Å². The highest BCUT2D eigenvalue weighted by Gasteiger charge is 2.30. The van der Waals surface area contributed by atoms with Gasteiger partial charge in [-0.25, -0.2) is 14.8 Å². The van der Waals surface area contributed by atoms with E-state index in [1.165, 1.54) is 42.7 Å². The lowest BCUT2D eigenvalue weighted by atomic mass is 10.2. The topological polar surface area (TPSA) is 97.2 Å². The van der Waals surface area contributed by atoms with Gasteiger partial charge in [0, 0.05) is 0 Å². The number of halogens is 5. The predicted octanol–water partition coefficient (Wildman–Crippen LogP) is 5.81. The third-order valence-corrected chi connectivity index (χ3v) is 4.45. The fourth-order valence-corrected chi connectivity index (χ4v) is 2.86. The number of pyridine rings is 1. The van der Waals surface area contributed by atoms with E-state index in [0.717, 1.165) is 12.1 Å². The lowest BCUT2D eigenvalue weighted by Crippen LogP contribution is -2.17. The summed E-state index contributed by atoms with van der Waals surface area (Å²) in [6, 6.07) is 14.2. The van der Waals surface area contributed by atoms with Gasteiger partial charge in [-0.1, -0.05) is 23.7 Å². The summed E-state index contributed by atoms with van der Waals surface area (Å²) >= 11 is 5.80. The molecule has 2 N–H and O–H groups in total. The van der Waals surface area contributed by atoms with Gasteiger partial charge >= 0.3 is 6.36 Å². The monoisotopic (exact) mass is 503 g/mol. The Hall–Kier alpha value is -4.32. The zero-order valence-corrected chi connectivity index (χ0v) is 18.2. The highest BCUT2D eigenvalue weighted by atomic mass is 35.5. The molecule has 2 heterocycles. The molecular formula is C22H14ClF4N7O. The lowest BCUT2D eigenvalue weighted by molar-refractivity contribution is -0.274. The summed E-state index contributed by atoms with van der Waals surface area (Å²) in [7, 11) is 0. The minimum absolute atomic E-state index is 0.0176. The van der Waals surface area contributed by atoms with E-state index in [1.54, 1.807) is 18.2 Å². The smallest absolute Gasteiger partial charge is 0.406 e. The van der Waals surface area contributed by atoms with Gasteiger partial charge in [0.15, 0.2) is 5.82 Å². The number of hydrogen-bond acceptors (Lipinski definition) is 8. The van der Waals surface area contributed by atoms with E-state index in [9.17, 15) is 17.6 Å². The van der Waals surface area contributed by atoms with E-state index in [0.29, 0.717) is 16.4 Å².